The van der Waals surface area contributed by atoms with Crippen LogP contribution in [0.4, 0.5) is 0 Å². The molecule has 16 nitrogen and oxygen atoms in total. The van der Waals surface area contributed by atoms with Gasteiger partial charge in [0.1, 0.15) is 22.1 Å². The third kappa shape index (κ3) is 14.5. The molecule has 0 radical (unpaired) electrons. The van der Waals surface area contributed by atoms with Crippen LogP contribution in [0.15, 0.2) is 168 Å². The Hall–Kier alpha value is -8.68. The van der Waals surface area contributed by atoms with E-state index in [0.717, 1.165) is 65.9 Å². The molecule has 10 rings (SSSR count). The van der Waals surface area contributed by atoms with Gasteiger partial charge < -0.3 is 41.7 Å². The normalized spacial score (nSPS) is 18.1. The molecule has 0 spiro atoms. The Morgan fingerprint density at radius 3 is 1.12 bits per heavy atom. The molecular formula is C72H80N10O6S2. The Balaban J connectivity index is 0.838. The van der Waals surface area contributed by atoms with Crippen molar-refractivity contribution in [1.82, 2.24) is 51.7 Å². The van der Waals surface area contributed by atoms with Crippen molar-refractivity contribution in [3.05, 3.63) is 190 Å². The van der Waals surface area contributed by atoms with E-state index < -0.39 is 59.2 Å². The Labute approximate surface area is 535 Å². The summed E-state index contributed by atoms with van der Waals surface area (Å²) in [4.78, 5) is 98.9. The van der Waals surface area contributed by atoms with Crippen molar-refractivity contribution in [3.8, 4) is 55.9 Å². The van der Waals surface area contributed by atoms with Crippen molar-refractivity contribution < 1.29 is 28.8 Å². The predicted molar refractivity (Wildman–Crippen MR) is 358 cm³/mol. The fraction of sp³-hybridized carbons (Fsp3) is 0.333. The van der Waals surface area contributed by atoms with Gasteiger partial charge in [-0.1, -0.05) is 175 Å². The summed E-state index contributed by atoms with van der Waals surface area (Å²) in [6.07, 6.45) is 0.813. The molecule has 8 atom stereocenters. The largest absolute Gasteiger partial charge is 0.347 e. The first-order chi connectivity index (χ1) is 43.1. The number of likely N-dealkylation sites (N-methyl/N-ethyl adjacent to an activating group) is 2. The molecule has 6 aromatic carbocycles. The SMILES string of the molecule is CN[C@@H](C)C(=O)N[C@H](C(=O)N1C[C@@H](NC(=O)c2ccc(-c3ccc(C(=O)N[C@H]4C[C@@H](c5nc(-c6ccccc6-c6ccccc6)cs5)N(C(=O)[C@@H](NC(=O)[C@H](C)NC)C(C)(C)C)C4)cc3)cc2)C[C@H]1c1nc(-c2ccccc2-c2ccccc2)cs1)C(C)(C)C. The van der Waals surface area contributed by atoms with Gasteiger partial charge in [-0.05, 0) is 109 Å². The van der Waals surface area contributed by atoms with Crippen LogP contribution in [0.25, 0.3) is 55.9 Å². The van der Waals surface area contributed by atoms with Crippen molar-refractivity contribution >= 4 is 58.1 Å². The monoisotopic (exact) mass is 1240 g/mol. The highest BCUT2D eigenvalue weighted by atomic mass is 32.1. The van der Waals surface area contributed by atoms with Gasteiger partial charge in [-0.25, -0.2) is 9.97 Å². The number of carbonyl (C=O) groups excluding carboxylic acids is 6. The second kappa shape index (κ2) is 27.6. The summed E-state index contributed by atoms with van der Waals surface area (Å²) in [7, 11) is 3.40. The molecule has 18 heteroatoms. The van der Waals surface area contributed by atoms with Crippen LogP contribution in [0.1, 0.15) is 111 Å². The molecule has 90 heavy (non-hydrogen) atoms. The third-order valence-electron chi connectivity index (χ3n) is 17.1. The van der Waals surface area contributed by atoms with Crippen LogP contribution >= 0.6 is 22.7 Å². The number of aromatic nitrogens is 2. The van der Waals surface area contributed by atoms with Crippen LogP contribution in [0, 0.1) is 10.8 Å². The number of rotatable bonds is 19. The van der Waals surface area contributed by atoms with Crippen molar-refractivity contribution in [2.75, 3.05) is 27.2 Å². The highest BCUT2D eigenvalue weighted by molar-refractivity contribution is 7.10. The zero-order chi connectivity index (χ0) is 64.0. The summed E-state index contributed by atoms with van der Waals surface area (Å²) in [5.74, 6) is -1.69. The minimum Gasteiger partial charge on any atom is -0.347 e. The summed E-state index contributed by atoms with van der Waals surface area (Å²) >= 11 is 2.95. The molecule has 6 N–H and O–H groups in total. The van der Waals surface area contributed by atoms with Gasteiger partial charge in [-0.3, -0.25) is 28.8 Å². The first kappa shape index (κ1) is 64.3. The van der Waals surface area contributed by atoms with Crippen molar-refractivity contribution in [2.24, 2.45) is 10.8 Å². The minimum absolute atomic E-state index is 0.205. The molecule has 0 saturated carbocycles. The van der Waals surface area contributed by atoms with E-state index in [-0.39, 0.29) is 48.5 Å². The maximum Gasteiger partial charge on any atom is 0.251 e. The van der Waals surface area contributed by atoms with E-state index in [9.17, 15) is 28.8 Å². The number of thiazole rings is 2. The zero-order valence-corrected chi connectivity index (χ0v) is 54.3. The molecule has 4 heterocycles. The van der Waals surface area contributed by atoms with Crippen LogP contribution in [0.2, 0.25) is 0 Å². The van der Waals surface area contributed by atoms with Crippen LogP contribution in [-0.4, -0.2) is 119 Å². The van der Waals surface area contributed by atoms with E-state index in [4.69, 9.17) is 9.97 Å². The van der Waals surface area contributed by atoms with Gasteiger partial charge in [-0.15, -0.1) is 22.7 Å². The number of hydrogen-bond acceptors (Lipinski definition) is 12. The van der Waals surface area contributed by atoms with Gasteiger partial charge in [0.25, 0.3) is 11.8 Å². The third-order valence-corrected chi connectivity index (χ3v) is 19.0. The summed E-state index contributed by atoms with van der Waals surface area (Å²) in [6.45, 7) is 15.5. The summed E-state index contributed by atoms with van der Waals surface area (Å²) in [6, 6.07) is 46.4. The number of amides is 6. The number of benzene rings is 6. The molecular weight excluding hydrogens is 1160 g/mol. The summed E-state index contributed by atoms with van der Waals surface area (Å²) in [5, 5.41) is 24.0. The molecule has 466 valence electrons. The zero-order valence-electron chi connectivity index (χ0n) is 52.7. The molecule has 2 aliphatic heterocycles. The summed E-state index contributed by atoms with van der Waals surface area (Å²) in [5.41, 5.74) is 8.94. The van der Waals surface area contributed by atoms with Crippen LogP contribution in [-0.2, 0) is 19.2 Å². The topological polar surface area (TPSA) is 207 Å². The lowest BCUT2D eigenvalue weighted by molar-refractivity contribution is -0.140. The van der Waals surface area contributed by atoms with Gasteiger partial charge in [0, 0.05) is 58.2 Å². The van der Waals surface area contributed by atoms with E-state index in [0.29, 0.717) is 24.0 Å². The second-order valence-corrected chi connectivity index (χ2v) is 27.4. The number of nitrogens with one attached hydrogen (secondary N) is 6. The minimum atomic E-state index is -0.865. The van der Waals surface area contributed by atoms with E-state index in [1.807, 2.05) is 137 Å². The lowest BCUT2D eigenvalue weighted by Gasteiger charge is -2.36. The van der Waals surface area contributed by atoms with Gasteiger partial charge in [0.15, 0.2) is 0 Å². The fourth-order valence-corrected chi connectivity index (χ4v) is 13.6. The number of carbonyl (C=O) groups is 6. The number of likely N-dealkylation sites (tertiary alicyclic amines) is 2. The quantitative estimate of drug-likeness (QED) is 0.0452. The predicted octanol–water partition coefficient (Wildman–Crippen LogP) is 11.4. The van der Waals surface area contributed by atoms with Crippen LogP contribution in [0.5, 0.6) is 0 Å². The smallest absolute Gasteiger partial charge is 0.251 e. The molecule has 0 bridgehead atoms. The van der Waals surface area contributed by atoms with Gasteiger partial charge >= 0.3 is 0 Å². The first-order valence-corrected chi connectivity index (χ1v) is 32.4. The summed E-state index contributed by atoms with van der Waals surface area (Å²) < 4.78 is 0. The lowest BCUT2D eigenvalue weighted by Crippen LogP contribution is -2.57. The molecule has 2 fully saturated rings. The maximum atomic E-state index is 14.9. The standard InChI is InChI=1S/C72H80N10O6S2/c1-43(73-9)63(83)79-61(71(3,4)5)69(87)81-39-51(37-59(81)67-77-57(41-89-67)55-27-19-17-25-53(55)47-21-13-11-14-22-47)75-65(85)49-33-29-45(30-34-49)46-31-35-50(36-32-46)66(86)76-52-38-60(82(40-52)70(88)62(72(6,7)8)80-64(84)44(2)74-10)68-78-58(42-90-68)56-28-20-18-26-54(56)48-23-15-12-16-24-48/h11-36,41-44,51-52,59-62,73-74H,37-40H2,1-10H3,(H,75,85)(H,76,86)(H,79,83)(H,80,84)/t43-,44-,51-,52-,59-,60-,61+,62+/m0/s1. The Morgan fingerprint density at radius 2 is 0.789 bits per heavy atom. The molecule has 2 aliphatic rings. The number of hydrogen-bond donors (Lipinski definition) is 6. The van der Waals surface area contributed by atoms with E-state index in [1.54, 1.807) is 62.0 Å². The van der Waals surface area contributed by atoms with E-state index in [1.165, 1.54) is 22.7 Å². The van der Waals surface area contributed by atoms with Crippen LogP contribution in [0.3, 0.4) is 0 Å². The molecule has 2 saturated heterocycles. The van der Waals surface area contributed by atoms with Crippen molar-refractivity contribution in [1.29, 1.82) is 0 Å². The fourth-order valence-electron chi connectivity index (χ4n) is 11.7. The molecule has 0 aliphatic carbocycles. The highest BCUT2D eigenvalue weighted by Crippen LogP contribution is 2.42. The molecule has 2 aromatic heterocycles. The maximum absolute atomic E-state index is 14.9. The van der Waals surface area contributed by atoms with E-state index in [2.05, 4.69) is 80.4 Å². The average Bonchev–Trinajstić information content (AvgIpc) is 1.78. The van der Waals surface area contributed by atoms with E-state index >= 15 is 0 Å². The molecule has 0 unspecified atom stereocenters. The highest BCUT2D eigenvalue weighted by Gasteiger charge is 2.46. The first-order valence-electron chi connectivity index (χ1n) is 30.7. The second-order valence-electron chi connectivity index (χ2n) is 25.6. The van der Waals surface area contributed by atoms with Gasteiger partial charge in [0.2, 0.25) is 23.6 Å². The average molecular weight is 1250 g/mol. The Morgan fingerprint density at radius 1 is 0.456 bits per heavy atom. The molecule has 8 aromatic rings. The Bertz CT molecular complexity index is 3610. The molecule has 6 amide bonds. The van der Waals surface area contributed by atoms with Crippen molar-refractivity contribution in [3.63, 3.8) is 0 Å². The van der Waals surface area contributed by atoms with Gasteiger partial charge in [0.05, 0.1) is 35.6 Å². The number of nitrogens with zero attached hydrogens (tertiary/aromatic N) is 4. The van der Waals surface area contributed by atoms with Crippen LogP contribution < -0.4 is 31.9 Å². The lowest BCUT2D eigenvalue weighted by atomic mass is 9.85. The van der Waals surface area contributed by atoms with Crippen molar-refractivity contribution in [2.45, 2.75) is 117 Å². The Kier molecular flexibility index (Phi) is 19.7. The van der Waals surface area contributed by atoms with Gasteiger partial charge in [-0.2, -0.15) is 0 Å².